The zero-order valence-corrected chi connectivity index (χ0v) is 15.5. The van der Waals surface area contributed by atoms with Crippen LogP contribution >= 0.6 is 11.3 Å². The quantitative estimate of drug-likeness (QED) is 0.490. The van der Waals surface area contributed by atoms with E-state index in [4.69, 9.17) is 9.47 Å². The predicted octanol–water partition coefficient (Wildman–Crippen LogP) is 3.60. The molecule has 6 nitrogen and oxygen atoms in total. The van der Waals surface area contributed by atoms with Gasteiger partial charge >= 0.3 is 5.97 Å². The Balaban J connectivity index is 1.70. The van der Waals surface area contributed by atoms with E-state index < -0.39 is 5.97 Å². The lowest BCUT2D eigenvalue weighted by atomic mass is 10.1. The van der Waals surface area contributed by atoms with Crippen molar-refractivity contribution in [3.8, 4) is 10.9 Å². The van der Waals surface area contributed by atoms with Gasteiger partial charge in [0.15, 0.2) is 11.7 Å². The Hall–Kier alpha value is -2.93. The molecule has 0 aliphatic rings. The molecule has 0 unspecified atom stereocenters. The summed E-state index contributed by atoms with van der Waals surface area (Å²) in [5, 5.41) is 2.68. The molecule has 2 aromatic heterocycles. The molecular formula is C19H18N2O4S. The normalized spacial score (nSPS) is 10.6. The SMILES string of the molecule is COc1ccc(C(=O)OCC(=O)c2cc(C)n(-c3nccs3)c2C)cc1. The van der Waals surface area contributed by atoms with Crippen molar-refractivity contribution in [1.29, 1.82) is 0 Å². The standard InChI is InChI=1S/C19H18N2O4S/c1-12-10-16(13(2)21(12)19-20-8-9-26-19)17(22)11-25-18(23)14-4-6-15(24-3)7-5-14/h4-10H,11H2,1-3H3. The molecule has 0 N–H and O–H groups in total. The summed E-state index contributed by atoms with van der Waals surface area (Å²) >= 11 is 1.49. The van der Waals surface area contributed by atoms with E-state index in [2.05, 4.69) is 4.98 Å². The Labute approximate surface area is 155 Å². The van der Waals surface area contributed by atoms with Crippen LogP contribution in [-0.2, 0) is 4.74 Å². The minimum absolute atomic E-state index is 0.247. The third kappa shape index (κ3) is 3.52. The molecule has 7 heteroatoms. The van der Waals surface area contributed by atoms with Gasteiger partial charge in [-0.25, -0.2) is 9.78 Å². The van der Waals surface area contributed by atoms with Gasteiger partial charge in [0.2, 0.25) is 5.78 Å². The first-order valence-electron chi connectivity index (χ1n) is 7.94. The molecule has 2 heterocycles. The molecule has 26 heavy (non-hydrogen) atoms. The van der Waals surface area contributed by atoms with Crippen LogP contribution in [0.2, 0.25) is 0 Å². The maximum absolute atomic E-state index is 12.5. The van der Waals surface area contributed by atoms with E-state index in [0.29, 0.717) is 16.9 Å². The summed E-state index contributed by atoms with van der Waals surface area (Å²) in [5.41, 5.74) is 2.58. The van der Waals surface area contributed by atoms with Gasteiger partial charge in [-0.2, -0.15) is 0 Å². The van der Waals surface area contributed by atoms with Crippen LogP contribution in [0, 0.1) is 13.8 Å². The van der Waals surface area contributed by atoms with E-state index in [0.717, 1.165) is 16.5 Å². The number of hydrogen-bond donors (Lipinski definition) is 0. The molecule has 0 atom stereocenters. The number of aryl methyl sites for hydroxylation is 1. The topological polar surface area (TPSA) is 70.4 Å². The summed E-state index contributed by atoms with van der Waals surface area (Å²) in [4.78, 5) is 28.9. The van der Waals surface area contributed by atoms with Crippen molar-refractivity contribution in [2.75, 3.05) is 13.7 Å². The van der Waals surface area contributed by atoms with Crippen molar-refractivity contribution >= 4 is 23.1 Å². The first-order chi connectivity index (χ1) is 12.5. The highest BCUT2D eigenvalue weighted by Crippen LogP contribution is 2.22. The Morgan fingerprint density at radius 2 is 1.92 bits per heavy atom. The predicted molar refractivity (Wildman–Crippen MR) is 98.5 cm³/mol. The van der Waals surface area contributed by atoms with Gasteiger partial charge in [0.25, 0.3) is 0 Å². The van der Waals surface area contributed by atoms with Gasteiger partial charge < -0.3 is 9.47 Å². The lowest BCUT2D eigenvalue weighted by Gasteiger charge is -2.07. The maximum atomic E-state index is 12.5. The number of ether oxygens (including phenoxy) is 2. The molecule has 0 saturated carbocycles. The summed E-state index contributed by atoms with van der Waals surface area (Å²) in [7, 11) is 1.55. The molecule has 0 fully saturated rings. The van der Waals surface area contributed by atoms with E-state index in [-0.39, 0.29) is 12.4 Å². The van der Waals surface area contributed by atoms with Gasteiger partial charge in [0.05, 0.1) is 12.7 Å². The summed E-state index contributed by atoms with van der Waals surface area (Å²) in [6, 6.07) is 8.32. The number of carbonyl (C=O) groups is 2. The molecule has 0 saturated heterocycles. The smallest absolute Gasteiger partial charge is 0.338 e. The Morgan fingerprint density at radius 1 is 1.19 bits per heavy atom. The summed E-state index contributed by atoms with van der Waals surface area (Å²) < 4.78 is 12.1. The fourth-order valence-electron chi connectivity index (χ4n) is 2.69. The van der Waals surface area contributed by atoms with Crippen molar-refractivity contribution < 1.29 is 19.1 Å². The van der Waals surface area contributed by atoms with E-state index in [1.807, 2.05) is 23.8 Å². The van der Waals surface area contributed by atoms with Crippen molar-refractivity contribution in [2.24, 2.45) is 0 Å². The van der Waals surface area contributed by atoms with Gasteiger partial charge in [-0.1, -0.05) is 0 Å². The van der Waals surface area contributed by atoms with Gasteiger partial charge in [0.1, 0.15) is 5.75 Å². The molecule has 0 aliphatic carbocycles. The van der Waals surface area contributed by atoms with Gasteiger partial charge in [0, 0.05) is 28.5 Å². The van der Waals surface area contributed by atoms with Crippen LogP contribution in [0.1, 0.15) is 32.1 Å². The summed E-state index contributed by atoms with van der Waals surface area (Å²) in [6.45, 7) is 3.45. The number of rotatable bonds is 6. The Bertz CT molecular complexity index is 927. The molecule has 0 bridgehead atoms. The van der Waals surface area contributed by atoms with Gasteiger partial charge in [-0.05, 0) is 44.2 Å². The fourth-order valence-corrected chi connectivity index (χ4v) is 3.44. The molecule has 0 spiro atoms. The minimum atomic E-state index is -0.547. The van der Waals surface area contributed by atoms with Gasteiger partial charge in [-0.15, -0.1) is 11.3 Å². The van der Waals surface area contributed by atoms with Crippen molar-refractivity contribution in [3.05, 3.63) is 64.4 Å². The first kappa shape index (κ1) is 17.9. The lowest BCUT2D eigenvalue weighted by Crippen LogP contribution is -2.15. The highest BCUT2D eigenvalue weighted by Gasteiger charge is 2.19. The number of esters is 1. The zero-order chi connectivity index (χ0) is 18.7. The van der Waals surface area contributed by atoms with E-state index in [9.17, 15) is 9.59 Å². The second kappa shape index (κ2) is 7.53. The number of aromatic nitrogens is 2. The molecule has 0 radical (unpaired) electrons. The van der Waals surface area contributed by atoms with Crippen LogP contribution in [-0.4, -0.2) is 35.0 Å². The number of ketones is 1. The zero-order valence-electron chi connectivity index (χ0n) is 14.7. The number of Topliss-reactive ketones (excluding diaryl/α,β-unsaturated/α-hetero) is 1. The summed E-state index contributed by atoms with van der Waals surface area (Å²) in [5.74, 6) is -0.148. The van der Waals surface area contributed by atoms with Crippen molar-refractivity contribution in [1.82, 2.24) is 9.55 Å². The number of methoxy groups -OCH3 is 1. The fraction of sp³-hybridized carbons (Fsp3) is 0.211. The van der Waals surface area contributed by atoms with Crippen molar-refractivity contribution in [2.45, 2.75) is 13.8 Å². The van der Waals surface area contributed by atoms with Crippen LogP contribution in [0.4, 0.5) is 0 Å². The van der Waals surface area contributed by atoms with Gasteiger partial charge in [-0.3, -0.25) is 9.36 Å². The molecule has 3 rings (SSSR count). The average molecular weight is 370 g/mol. The number of hydrogen-bond acceptors (Lipinski definition) is 6. The van der Waals surface area contributed by atoms with E-state index in [1.165, 1.54) is 11.3 Å². The Kier molecular flexibility index (Phi) is 5.18. The second-order valence-corrected chi connectivity index (χ2v) is 6.54. The van der Waals surface area contributed by atoms with E-state index >= 15 is 0 Å². The Morgan fingerprint density at radius 3 is 2.54 bits per heavy atom. The monoisotopic (exact) mass is 370 g/mol. The van der Waals surface area contributed by atoms with Crippen LogP contribution in [0.5, 0.6) is 5.75 Å². The first-order valence-corrected chi connectivity index (χ1v) is 8.82. The molecule has 0 aliphatic heterocycles. The average Bonchev–Trinajstić information content (AvgIpc) is 3.27. The number of benzene rings is 1. The number of carbonyl (C=O) groups excluding carboxylic acids is 2. The highest BCUT2D eigenvalue weighted by molar-refractivity contribution is 7.12. The third-order valence-electron chi connectivity index (χ3n) is 4.00. The highest BCUT2D eigenvalue weighted by atomic mass is 32.1. The minimum Gasteiger partial charge on any atom is -0.497 e. The van der Waals surface area contributed by atoms with Crippen LogP contribution in [0.25, 0.3) is 5.13 Å². The second-order valence-electron chi connectivity index (χ2n) is 5.66. The van der Waals surface area contributed by atoms with Crippen LogP contribution in [0.3, 0.4) is 0 Å². The molecule has 0 amide bonds. The lowest BCUT2D eigenvalue weighted by molar-refractivity contribution is 0.0474. The largest absolute Gasteiger partial charge is 0.497 e. The van der Waals surface area contributed by atoms with E-state index in [1.54, 1.807) is 43.6 Å². The molecule has 134 valence electrons. The van der Waals surface area contributed by atoms with Crippen LogP contribution < -0.4 is 4.74 Å². The molecule has 1 aromatic carbocycles. The van der Waals surface area contributed by atoms with Crippen LogP contribution in [0.15, 0.2) is 41.9 Å². The third-order valence-corrected chi connectivity index (χ3v) is 4.76. The molecular weight excluding hydrogens is 352 g/mol. The maximum Gasteiger partial charge on any atom is 0.338 e. The molecule has 3 aromatic rings. The van der Waals surface area contributed by atoms with Crippen molar-refractivity contribution in [3.63, 3.8) is 0 Å². The number of thiazole rings is 1. The summed E-state index contributed by atoms with van der Waals surface area (Å²) in [6.07, 6.45) is 1.72. The number of nitrogens with zero attached hydrogens (tertiary/aromatic N) is 2.